The molecule has 0 fully saturated rings. The van der Waals surface area contributed by atoms with E-state index in [2.05, 4.69) is 9.82 Å². The van der Waals surface area contributed by atoms with Crippen molar-refractivity contribution < 1.29 is 17.9 Å². The van der Waals surface area contributed by atoms with Gasteiger partial charge >= 0.3 is 5.97 Å². The quantitative estimate of drug-likeness (QED) is 0.656. The van der Waals surface area contributed by atoms with Crippen LogP contribution in [0.1, 0.15) is 28.4 Å². The number of ether oxygens (including phenoxy) is 1. The van der Waals surface area contributed by atoms with E-state index in [9.17, 15) is 13.2 Å². The number of nitrogens with one attached hydrogen (secondary N) is 1. The summed E-state index contributed by atoms with van der Waals surface area (Å²) in [6.07, 6.45) is 2.22. The molecule has 1 aromatic heterocycles. The van der Waals surface area contributed by atoms with Crippen LogP contribution in [0.5, 0.6) is 0 Å². The van der Waals surface area contributed by atoms with Crippen LogP contribution in [0.15, 0.2) is 47.5 Å². The molecule has 0 radical (unpaired) electrons. The fourth-order valence-electron chi connectivity index (χ4n) is 2.94. The highest BCUT2D eigenvalue weighted by Crippen LogP contribution is 2.20. The first-order valence-corrected chi connectivity index (χ1v) is 9.95. The van der Waals surface area contributed by atoms with E-state index >= 15 is 0 Å². The predicted octanol–water partition coefficient (Wildman–Crippen LogP) is 2.40. The molecule has 0 saturated heterocycles. The van der Waals surface area contributed by atoms with Crippen LogP contribution in [0, 0.1) is 0 Å². The van der Waals surface area contributed by atoms with Crippen molar-refractivity contribution in [1.29, 1.82) is 0 Å². The average Bonchev–Trinajstić information content (AvgIpc) is 3.05. The lowest BCUT2D eigenvalue weighted by Crippen LogP contribution is -2.24. The van der Waals surface area contributed by atoms with Crippen LogP contribution >= 0.6 is 0 Å². The van der Waals surface area contributed by atoms with Crippen molar-refractivity contribution in [3.63, 3.8) is 0 Å². The molecule has 0 amide bonds. The lowest BCUT2D eigenvalue weighted by atomic mass is 10.1. The molecule has 0 unspecified atom stereocenters. The van der Waals surface area contributed by atoms with Crippen molar-refractivity contribution in [2.75, 3.05) is 7.11 Å². The number of esters is 1. The third-order valence-corrected chi connectivity index (χ3v) is 5.93. The maximum atomic E-state index is 12.8. The molecule has 0 aliphatic carbocycles. The highest BCUT2D eigenvalue weighted by Gasteiger charge is 2.19. The molecule has 3 rings (SSSR count). The number of carbonyl (C=O) groups excluding carboxylic acids is 1. The number of hydrogen-bond acceptors (Lipinski definition) is 5. The molecule has 0 aliphatic heterocycles. The summed E-state index contributed by atoms with van der Waals surface area (Å²) in [6, 6.07) is 10.1. The summed E-state index contributed by atoms with van der Waals surface area (Å²) in [5.41, 5.74) is 2.71. The molecule has 0 bridgehead atoms. The molecule has 27 heavy (non-hydrogen) atoms. The van der Waals surface area contributed by atoms with Gasteiger partial charge in [0.15, 0.2) is 0 Å². The third kappa shape index (κ3) is 3.86. The van der Waals surface area contributed by atoms with Gasteiger partial charge < -0.3 is 4.74 Å². The summed E-state index contributed by atoms with van der Waals surface area (Å²) < 4.78 is 34.6. The summed E-state index contributed by atoms with van der Waals surface area (Å²) in [5, 5.41) is 5.14. The van der Waals surface area contributed by atoms with E-state index in [-0.39, 0.29) is 11.4 Å². The standard InChI is InChI=1S/C19H21N3O4S/c1-4-14-10-15(19(23)26-3)6-8-18(14)27(24,25)21-11-13-5-7-17-16(9-13)12-20-22(17)2/h5-10,12,21H,4,11H2,1-3H3. The van der Waals surface area contributed by atoms with E-state index in [4.69, 9.17) is 4.74 Å². The van der Waals surface area contributed by atoms with Gasteiger partial charge in [-0.25, -0.2) is 17.9 Å². The lowest BCUT2D eigenvalue weighted by molar-refractivity contribution is 0.0600. The smallest absolute Gasteiger partial charge is 0.337 e. The van der Waals surface area contributed by atoms with Gasteiger partial charge in [0.25, 0.3) is 0 Å². The molecule has 2 aromatic carbocycles. The summed E-state index contributed by atoms with van der Waals surface area (Å²) in [7, 11) is -0.574. The Morgan fingerprint density at radius 3 is 2.70 bits per heavy atom. The van der Waals surface area contributed by atoms with Crippen molar-refractivity contribution in [3.05, 3.63) is 59.3 Å². The van der Waals surface area contributed by atoms with Gasteiger partial charge in [-0.3, -0.25) is 4.68 Å². The Labute approximate surface area is 158 Å². The van der Waals surface area contributed by atoms with Crippen molar-refractivity contribution in [3.8, 4) is 0 Å². The predicted molar refractivity (Wildman–Crippen MR) is 102 cm³/mol. The molecule has 0 spiro atoms. The van der Waals surface area contributed by atoms with Gasteiger partial charge in [-0.1, -0.05) is 13.0 Å². The minimum absolute atomic E-state index is 0.162. The van der Waals surface area contributed by atoms with Gasteiger partial charge in [-0.2, -0.15) is 5.10 Å². The first-order valence-electron chi connectivity index (χ1n) is 8.47. The van der Waals surface area contributed by atoms with Gasteiger partial charge in [0.2, 0.25) is 10.0 Å². The van der Waals surface area contributed by atoms with Crippen LogP contribution in [0.4, 0.5) is 0 Å². The molecule has 8 heteroatoms. The molecule has 1 heterocycles. The topological polar surface area (TPSA) is 90.3 Å². The van der Waals surface area contributed by atoms with Crippen molar-refractivity contribution in [2.45, 2.75) is 24.8 Å². The summed E-state index contributed by atoms with van der Waals surface area (Å²) in [4.78, 5) is 11.8. The first kappa shape index (κ1) is 19.1. The van der Waals surface area contributed by atoms with Crippen molar-refractivity contribution >= 4 is 26.9 Å². The highest BCUT2D eigenvalue weighted by molar-refractivity contribution is 7.89. The Kier molecular flexibility index (Phi) is 5.29. The van der Waals surface area contributed by atoms with E-state index < -0.39 is 16.0 Å². The number of fused-ring (bicyclic) bond motifs is 1. The number of aryl methyl sites for hydroxylation is 2. The van der Waals surface area contributed by atoms with Crippen molar-refractivity contribution in [1.82, 2.24) is 14.5 Å². The highest BCUT2D eigenvalue weighted by atomic mass is 32.2. The number of rotatable bonds is 6. The number of nitrogens with zero attached hydrogens (tertiary/aromatic N) is 2. The normalized spacial score (nSPS) is 11.7. The Morgan fingerprint density at radius 2 is 2.00 bits per heavy atom. The largest absolute Gasteiger partial charge is 0.465 e. The Hall–Kier alpha value is -2.71. The molecular formula is C19H21N3O4S. The number of sulfonamides is 1. The fourth-order valence-corrected chi connectivity index (χ4v) is 4.25. The van der Waals surface area contributed by atoms with Crippen LogP contribution in [-0.4, -0.2) is 31.3 Å². The zero-order valence-electron chi connectivity index (χ0n) is 15.4. The summed E-state index contributed by atoms with van der Waals surface area (Å²) in [5.74, 6) is -0.494. The second-order valence-corrected chi connectivity index (χ2v) is 7.89. The first-order chi connectivity index (χ1) is 12.9. The maximum absolute atomic E-state index is 12.8. The molecule has 3 aromatic rings. The lowest BCUT2D eigenvalue weighted by Gasteiger charge is -2.12. The second kappa shape index (κ2) is 7.50. The minimum Gasteiger partial charge on any atom is -0.465 e. The summed E-state index contributed by atoms with van der Waals surface area (Å²) >= 11 is 0. The van der Waals surface area contributed by atoms with Gasteiger partial charge in [0.1, 0.15) is 0 Å². The van der Waals surface area contributed by atoms with E-state index in [1.165, 1.54) is 19.2 Å². The van der Waals surface area contributed by atoms with Crippen LogP contribution in [-0.2, 0) is 34.8 Å². The number of methoxy groups -OCH3 is 1. The monoisotopic (exact) mass is 387 g/mol. The SMILES string of the molecule is CCc1cc(C(=O)OC)ccc1S(=O)(=O)NCc1ccc2c(cnn2C)c1. The minimum atomic E-state index is -3.72. The van der Waals surface area contributed by atoms with Gasteiger partial charge in [0.05, 0.1) is 29.3 Å². The molecule has 0 aliphatic rings. The van der Waals surface area contributed by atoms with Gasteiger partial charge in [-0.15, -0.1) is 0 Å². The van der Waals surface area contributed by atoms with E-state index in [1.807, 2.05) is 32.2 Å². The van der Waals surface area contributed by atoms with Crippen LogP contribution < -0.4 is 4.72 Å². The zero-order chi connectivity index (χ0) is 19.6. The zero-order valence-corrected chi connectivity index (χ0v) is 16.2. The van der Waals surface area contributed by atoms with Crippen LogP contribution in [0.3, 0.4) is 0 Å². The second-order valence-electron chi connectivity index (χ2n) is 6.15. The van der Waals surface area contributed by atoms with E-state index in [0.29, 0.717) is 17.5 Å². The molecular weight excluding hydrogens is 366 g/mol. The molecule has 7 nitrogen and oxygen atoms in total. The molecule has 0 saturated carbocycles. The van der Waals surface area contributed by atoms with E-state index in [1.54, 1.807) is 16.9 Å². The number of aromatic nitrogens is 2. The van der Waals surface area contributed by atoms with E-state index in [0.717, 1.165) is 16.5 Å². The van der Waals surface area contributed by atoms with Gasteiger partial charge in [-0.05, 0) is 47.9 Å². The third-order valence-electron chi connectivity index (χ3n) is 4.43. The van der Waals surface area contributed by atoms with Crippen molar-refractivity contribution in [2.24, 2.45) is 7.05 Å². The molecule has 142 valence electrons. The number of carbonyl (C=O) groups is 1. The Balaban J connectivity index is 1.84. The number of benzene rings is 2. The Morgan fingerprint density at radius 1 is 1.22 bits per heavy atom. The molecule has 1 N–H and O–H groups in total. The average molecular weight is 387 g/mol. The van der Waals surface area contributed by atoms with Crippen LogP contribution in [0.2, 0.25) is 0 Å². The fraction of sp³-hybridized carbons (Fsp3) is 0.263. The number of hydrogen-bond donors (Lipinski definition) is 1. The molecule has 0 atom stereocenters. The maximum Gasteiger partial charge on any atom is 0.337 e. The summed E-state index contributed by atoms with van der Waals surface area (Å²) in [6.45, 7) is 2.00. The Bertz CT molecular complexity index is 1100. The van der Waals surface area contributed by atoms with Crippen LogP contribution in [0.25, 0.3) is 10.9 Å². The van der Waals surface area contributed by atoms with Gasteiger partial charge in [0, 0.05) is 19.0 Å².